The van der Waals surface area contributed by atoms with Gasteiger partial charge in [0.1, 0.15) is 17.7 Å². The number of benzene rings is 1. The van der Waals surface area contributed by atoms with Crippen LogP contribution >= 0.6 is 0 Å². The molecule has 0 bridgehead atoms. The number of nitrogens with zero attached hydrogens (tertiary/aromatic N) is 2. The van der Waals surface area contributed by atoms with Gasteiger partial charge in [0.05, 0.1) is 0 Å². The van der Waals surface area contributed by atoms with Gasteiger partial charge in [-0.1, -0.05) is 37.3 Å². The number of nitrogens with two attached hydrogens (primary N) is 1. The van der Waals surface area contributed by atoms with E-state index in [4.69, 9.17) is 10.5 Å². The second-order valence-corrected chi connectivity index (χ2v) is 9.69. The molecule has 3 fully saturated rings. The zero-order valence-electron chi connectivity index (χ0n) is 18.6. The molecule has 3 N–H and O–H groups in total. The fourth-order valence-electron chi connectivity index (χ4n) is 5.60. The number of amides is 4. The lowest BCUT2D eigenvalue weighted by Gasteiger charge is -2.58. The Bertz CT molecular complexity index is 1070. The first-order valence-corrected chi connectivity index (χ1v) is 11.5. The van der Waals surface area contributed by atoms with Crippen molar-refractivity contribution in [3.8, 4) is 5.88 Å². The topological polar surface area (TPSA) is 115 Å². The predicted molar refractivity (Wildman–Crippen MR) is 120 cm³/mol. The molecule has 172 valence electrons. The summed E-state index contributed by atoms with van der Waals surface area (Å²) in [5, 5.41) is 2.89. The van der Waals surface area contributed by atoms with E-state index in [2.05, 4.69) is 17.2 Å². The third kappa shape index (κ3) is 3.94. The minimum atomic E-state index is -0.564. The maximum atomic E-state index is 13.0. The SMILES string of the molecule is CC(C[C@@H]1NC(=O)N([C@H]2CC3(C[C@H](Oc4ncccc4C(N)=O)C3)C2)C1=O)c1ccccc1. The van der Waals surface area contributed by atoms with Crippen LogP contribution in [-0.2, 0) is 4.79 Å². The second kappa shape index (κ2) is 8.17. The van der Waals surface area contributed by atoms with Gasteiger partial charge in [-0.15, -0.1) is 0 Å². The van der Waals surface area contributed by atoms with Gasteiger partial charge in [0.25, 0.3) is 11.8 Å². The van der Waals surface area contributed by atoms with Crippen molar-refractivity contribution in [3.63, 3.8) is 0 Å². The zero-order valence-corrected chi connectivity index (χ0v) is 18.6. The number of carbonyl (C=O) groups is 3. The molecule has 1 aliphatic heterocycles. The van der Waals surface area contributed by atoms with Crippen LogP contribution in [0.15, 0.2) is 48.7 Å². The Balaban J connectivity index is 1.14. The summed E-state index contributed by atoms with van der Waals surface area (Å²) in [7, 11) is 0. The first-order chi connectivity index (χ1) is 15.8. The van der Waals surface area contributed by atoms with Gasteiger partial charge in [0.2, 0.25) is 5.88 Å². The van der Waals surface area contributed by atoms with E-state index >= 15 is 0 Å². The summed E-state index contributed by atoms with van der Waals surface area (Å²) >= 11 is 0. The number of pyridine rings is 1. The Morgan fingerprint density at radius 1 is 1.18 bits per heavy atom. The van der Waals surface area contributed by atoms with Crippen molar-refractivity contribution < 1.29 is 19.1 Å². The molecule has 2 aliphatic carbocycles. The Labute approximate surface area is 192 Å². The normalized spacial score (nSPS) is 29.2. The molecule has 2 aromatic rings. The van der Waals surface area contributed by atoms with Crippen molar-refractivity contribution in [1.82, 2.24) is 15.2 Å². The third-order valence-corrected chi connectivity index (χ3v) is 7.35. The standard InChI is InChI=1S/C25H28N4O4/c1-15(16-6-3-2-4-7-16)10-20-23(31)29(24(32)28-20)17-11-25(12-17)13-18(14-25)33-22-19(21(26)30)8-5-9-27-22/h2-9,15,17-18,20H,10-14H2,1H3,(H2,26,30)(H,28,32)/t15?,17-,18-,20-,25?/m0/s1. The molecule has 2 heterocycles. The highest BCUT2D eigenvalue weighted by Crippen LogP contribution is 2.58. The Morgan fingerprint density at radius 2 is 1.91 bits per heavy atom. The van der Waals surface area contributed by atoms with Crippen LogP contribution in [0, 0.1) is 5.41 Å². The molecule has 5 rings (SSSR count). The number of hydrogen-bond acceptors (Lipinski definition) is 5. The van der Waals surface area contributed by atoms with Crippen LogP contribution in [0.2, 0.25) is 0 Å². The number of aromatic nitrogens is 1. The maximum Gasteiger partial charge on any atom is 0.325 e. The number of hydrogen-bond donors (Lipinski definition) is 2. The average molecular weight is 449 g/mol. The lowest BCUT2D eigenvalue weighted by molar-refractivity contribution is -0.141. The molecule has 1 unspecified atom stereocenters. The van der Waals surface area contributed by atoms with Gasteiger partial charge < -0.3 is 15.8 Å². The Morgan fingerprint density at radius 3 is 2.61 bits per heavy atom. The minimum absolute atomic E-state index is 0.0403. The van der Waals surface area contributed by atoms with E-state index in [-0.39, 0.29) is 46.9 Å². The maximum absolute atomic E-state index is 13.0. The molecule has 1 aromatic heterocycles. The zero-order chi connectivity index (χ0) is 23.2. The average Bonchev–Trinajstić information content (AvgIpc) is 3.02. The van der Waals surface area contributed by atoms with Gasteiger partial charge in [0.15, 0.2) is 0 Å². The fraction of sp³-hybridized carbons (Fsp3) is 0.440. The monoisotopic (exact) mass is 448 g/mol. The van der Waals surface area contributed by atoms with Gasteiger partial charge in [-0.25, -0.2) is 9.78 Å². The van der Waals surface area contributed by atoms with E-state index in [0.717, 1.165) is 31.2 Å². The molecule has 3 aliphatic rings. The summed E-state index contributed by atoms with van der Waals surface area (Å²) in [5.41, 5.74) is 6.92. The molecule has 4 amide bonds. The van der Waals surface area contributed by atoms with Crippen LogP contribution in [0.4, 0.5) is 4.79 Å². The lowest BCUT2D eigenvalue weighted by Crippen LogP contribution is -2.60. The lowest BCUT2D eigenvalue weighted by atomic mass is 9.52. The highest BCUT2D eigenvalue weighted by molar-refractivity contribution is 6.04. The van der Waals surface area contributed by atoms with Crippen molar-refractivity contribution in [3.05, 3.63) is 59.8 Å². The summed E-state index contributed by atoms with van der Waals surface area (Å²) in [6, 6.07) is 12.5. The minimum Gasteiger partial charge on any atom is -0.474 e. The Kier molecular flexibility index (Phi) is 5.31. The van der Waals surface area contributed by atoms with Crippen LogP contribution in [0.3, 0.4) is 0 Å². The van der Waals surface area contributed by atoms with E-state index in [1.54, 1.807) is 18.3 Å². The quantitative estimate of drug-likeness (QED) is 0.632. The summed E-state index contributed by atoms with van der Waals surface area (Å²) in [5.74, 6) is -0.236. The largest absolute Gasteiger partial charge is 0.474 e. The van der Waals surface area contributed by atoms with Gasteiger partial charge in [-0.05, 0) is 61.1 Å². The predicted octanol–water partition coefficient (Wildman–Crippen LogP) is 2.98. The number of ether oxygens (including phenoxy) is 1. The summed E-state index contributed by atoms with van der Waals surface area (Å²) in [4.78, 5) is 42.7. The second-order valence-electron chi connectivity index (χ2n) is 9.69. The molecule has 8 heteroatoms. The molecule has 1 spiro atoms. The summed E-state index contributed by atoms with van der Waals surface area (Å²) in [6.45, 7) is 2.08. The van der Waals surface area contributed by atoms with Crippen molar-refractivity contribution in [2.75, 3.05) is 0 Å². The summed E-state index contributed by atoms with van der Waals surface area (Å²) in [6.07, 6.45) is 5.33. The van der Waals surface area contributed by atoms with Crippen LogP contribution < -0.4 is 15.8 Å². The van der Waals surface area contributed by atoms with Crippen molar-refractivity contribution in [1.29, 1.82) is 0 Å². The molecule has 2 atom stereocenters. The molecule has 0 radical (unpaired) electrons. The Hall–Kier alpha value is -3.42. The van der Waals surface area contributed by atoms with Crippen molar-refractivity contribution in [2.24, 2.45) is 11.1 Å². The third-order valence-electron chi connectivity index (χ3n) is 7.35. The van der Waals surface area contributed by atoms with Gasteiger partial charge in [0, 0.05) is 12.2 Å². The van der Waals surface area contributed by atoms with Gasteiger partial charge in [-0.3, -0.25) is 14.5 Å². The molecule has 2 saturated carbocycles. The number of primary amides is 1. The molecule has 1 aromatic carbocycles. The van der Waals surface area contributed by atoms with E-state index in [0.29, 0.717) is 6.42 Å². The van der Waals surface area contributed by atoms with Crippen molar-refractivity contribution >= 4 is 17.8 Å². The van der Waals surface area contributed by atoms with Gasteiger partial charge >= 0.3 is 6.03 Å². The van der Waals surface area contributed by atoms with Crippen LogP contribution in [0.25, 0.3) is 0 Å². The number of imide groups is 1. The number of nitrogens with one attached hydrogen (secondary N) is 1. The summed E-state index contributed by atoms with van der Waals surface area (Å²) < 4.78 is 5.91. The number of urea groups is 1. The number of carbonyl (C=O) groups excluding carboxylic acids is 3. The fourth-order valence-corrected chi connectivity index (χ4v) is 5.60. The van der Waals surface area contributed by atoms with Crippen LogP contribution in [0.1, 0.15) is 60.9 Å². The van der Waals surface area contributed by atoms with Crippen LogP contribution in [-0.4, -0.2) is 45.9 Å². The molecule has 1 saturated heterocycles. The highest BCUT2D eigenvalue weighted by Gasteiger charge is 2.58. The highest BCUT2D eigenvalue weighted by atomic mass is 16.5. The van der Waals surface area contributed by atoms with Gasteiger partial charge in [-0.2, -0.15) is 0 Å². The molecule has 33 heavy (non-hydrogen) atoms. The first-order valence-electron chi connectivity index (χ1n) is 11.5. The van der Waals surface area contributed by atoms with E-state index < -0.39 is 11.9 Å². The van der Waals surface area contributed by atoms with E-state index in [1.165, 1.54) is 4.90 Å². The van der Waals surface area contributed by atoms with Crippen LogP contribution in [0.5, 0.6) is 5.88 Å². The van der Waals surface area contributed by atoms with E-state index in [1.807, 2.05) is 30.3 Å². The number of rotatable bonds is 7. The molecular weight excluding hydrogens is 420 g/mol. The smallest absolute Gasteiger partial charge is 0.325 e. The molecule has 8 nitrogen and oxygen atoms in total. The first kappa shape index (κ1) is 21.4. The van der Waals surface area contributed by atoms with E-state index in [9.17, 15) is 14.4 Å². The van der Waals surface area contributed by atoms with Crippen molar-refractivity contribution in [2.45, 2.75) is 63.1 Å². The molecular formula is C25H28N4O4.